The molecule has 146 valence electrons. The van der Waals surface area contributed by atoms with Crippen LogP contribution in [0.15, 0.2) is 47.6 Å². The maximum absolute atomic E-state index is 12.0. The molecule has 0 saturated carbocycles. The van der Waals surface area contributed by atoms with Crippen LogP contribution in [0.4, 0.5) is 5.69 Å². The number of amides is 3. The molecule has 2 rings (SSSR count). The second kappa shape index (κ2) is 10.3. The van der Waals surface area contributed by atoms with Crippen molar-refractivity contribution in [3.05, 3.63) is 58.1 Å². The maximum Gasteiger partial charge on any atom is 0.329 e. The van der Waals surface area contributed by atoms with Gasteiger partial charge in [-0.15, -0.1) is 0 Å². The summed E-state index contributed by atoms with van der Waals surface area (Å²) >= 11 is 11.8. The summed E-state index contributed by atoms with van der Waals surface area (Å²) in [7, 11) is 1.34. The van der Waals surface area contributed by atoms with Crippen LogP contribution >= 0.6 is 23.2 Å². The van der Waals surface area contributed by atoms with Crippen LogP contribution in [0.1, 0.15) is 5.56 Å². The van der Waals surface area contributed by atoms with Gasteiger partial charge in [0, 0.05) is 12.1 Å². The van der Waals surface area contributed by atoms with E-state index in [2.05, 4.69) is 21.2 Å². The van der Waals surface area contributed by atoms with Crippen molar-refractivity contribution in [2.75, 3.05) is 19.0 Å². The van der Waals surface area contributed by atoms with Gasteiger partial charge in [0.2, 0.25) is 0 Å². The zero-order valence-corrected chi connectivity index (χ0v) is 16.2. The second-order valence-corrected chi connectivity index (χ2v) is 6.15. The number of hydrazone groups is 1. The highest BCUT2D eigenvalue weighted by atomic mass is 35.5. The molecule has 0 aliphatic heterocycles. The number of rotatable bonds is 6. The van der Waals surface area contributed by atoms with Gasteiger partial charge in [-0.05, 0) is 48.0 Å². The molecule has 0 heterocycles. The summed E-state index contributed by atoms with van der Waals surface area (Å²) in [6.07, 6.45) is 1.36. The third kappa shape index (κ3) is 6.57. The molecule has 2 aromatic rings. The van der Waals surface area contributed by atoms with Crippen LogP contribution in [0.2, 0.25) is 10.0 Å². The summed E-state index contributed by atoms with van der Waals surface area (Å²) in [6, 6.07) is 11.3. The Bertz CT molecular complexity index is 901. The molecule has 10 heteroatoms. The van der Waals surface area contributed by atoms with Gasteiger partial charge in [-0.1, -0.05) is 23.2 Å². The Balaban J connectivity index is 1.82. The molecule has 8 nitrogen and oxygen atoms in total. The molecule has 3 amide bonds. The molecular formula is C18H16Cl2N4O4. The molecular weight excluding hydrogens is 407 g/mol. The molecule has 3 N–H and O–H groups in total. The molecule has 0 radical (unpaired) electrons. The van der Waals surface area contributed by atoms with Gasteiger partial charge in [0.25, 0.3) is 5.91 Å². The standard InChI is InChI=1S/C18H16Cl2N4O4/c1-21-17(26)18(27)24-22-9-11-2-5-13(6-3-11)28-10-16(25)23-15-7-4-12(19)8-14(15)20/h2-9H,10H2,1H3,(H,21,26)(H,23,25)(H,24,27)/b22-9-. The third-order valence-electron chi connectivity index (χ3n) is 3.27. The second-order valence-electron chi connectivity index (χ2n) is 5.31. The number of carbonyl (C=O) groups is 3. The van der Waals surface area contributed by atoms with Crippen molar-refractivity contribution in [1.82, 2.24) is 10.7 Å². The zero-order chi connectivity index (χ0) is 20.5. The van der Waals surface area contributed by atoms with E-state index >= 15 is 0 Å². The van der Waals surface area contributed by atoms with Crippen molar-refractivity contribution >= 4 is 52.8 Å². The first kappa shape index (κ1) is 21.2. The lowest BCUT2D eigenvalue weighted by Crippen LogP contribution is -2.35. The summed E-state index contributed by atoms with van der Waals surface area (Å²) in [5.41, 5.74) is 3.17. The predicted octanol–water partition coefficient (Wildman–Crippen LogP) is 2.21. The van der Waals surface area contributed by atoms with Gasteiger partial charge >= 0.3 is 11.8 Å². The largest absolute Gasteiger partial charge is 0.484 e. The summed E-state index contributed by atoms with van der Waals surface area (Å²) in [6.45, 7) is -0.214. The lowest BCUT2D eigenvalue weighted by molar-refractivity contribution is -0.138. The van der Waals surface area contributed by atoms with Crippen molar-refractivity contribution in [2.24, 2.45) is 5.10 Å². The van der Waals surface area contributed by atoms with E-state index < -0.39 is 11.8 Å². The molecule has 0 aliphatic carbocycles. The fourth-order valence-corrected chi connectivity index (χ4v) is 2.36. The fourth-order valence-electron chi connectivity index (χ4n) is 1.91. The molecule has 0 fully saturated rings. The first-order chi connectivity index (χ1) is 13.4. The van der Waals surface area contributed by atoms with Gasteiger partial charge < -0.3 is 15.4 Å². The quantitative estimate of drug-likeness (QED) is 0.376. The highest BCUT2D eigenvalue weighted by Crippen LogP contribution is 2.25. The Hall–Kier alpha value is -3.10. The van der Waals surface area contributed by atoms with Crippen LogP contribution in [0, 0.1) is 0 Å². The molecule has 0 atom stereocenters. The SMILES string of the molecule is CNC(=O)C(=O)N/N=C\c1ccc(OCC(=O)Nc2ccc(Cl)cc2Cl)cc1. The van der Waals surface area contributed by atoms with Gasteiger partial charge in [-0.2, -0.15) is 5.10 Å². The number of hydrogen-bond donors (Lipinski definition) is 3. The van der Waals surface area contributed by atoms with E-state index in [4.69, 9.17) is 27.9 Å². The normalized spacial score (nSPS) is 10.4. The molecule has 0 aliphatic rings. The van der Waals surface area contributed by atoms with E-state index in [1.54, 1.807) is 36.4 Å². The van der Waals surface area contributed by atoms with Crippen LogP contribution in [0.25, 0.3) is 0 Å². The van der Waals surface area contributed by atoms with Crippen molar-refractivity contribution < 1.29 is 19.1 Å². The average Bonchev–Trinajstić information content (AvgIpc) is 2.68. The molecule has 2 aromatic carbocycles. The molecule has 28 heavy (non-hydrogen) atoms. The first-order valence-corrected chi connectivity index (χ1v) is 8.67. The van der Waals surface area contributed by atoms with Gasteiger partial charge in [0.1, 0.15) is 5.75 Å². The predicted molar refractivity (Wildman–Crippen MR) is 107 cm³/mol. The van der Waals surface area contributed by atoms with Crippen molar-refractivity contribution in [1.29, 1.82) is 0 Å². The van der Waals surface area contributed by atoms with E-state index in [1.165, 1.54) is 19.3 Å². The lowest BCUT2D eigenvalue weighted by Gasteiger charge is -2.09. The van der Waals surface area contributed by atoms with E-state index in [0.717, 1.165) is 0 Å². The van der Waals surface area contributed by atoms with E-state index in [1.807, 2.05) is 0 Å². The number of carbonyl (C=O) groups excluding carboxylic acids is 3. The number of benzene rings is 2. The highest BCUT2D eigenvalue weighted by molar-refractivity contribution is 6.36. The van der Waals surface area contributed by atoms with Gasteiger partial charge in [-0.25, -0.2) is 5.43 Å². The highest BCUT2D eigenvalue weighted by Gasteiger charge is 2.09. The molecule has 0 unspecified atom stereocenters. The van der Waals surface area contributed by atoms with Crippen molar-refractivity contribution in [3.63, 3.8) is 0 Å². The van der Waals surface area contributed by atoms with Gasteiger partial charge in [0.15, 0.2) is 6.61 Å². The van der Waals surface area contributed by atoms with E-state index in [-0.39, 0.29) is 12.5 Å². The van der Waals surface area contributed by atoms with Crippen LogP contribution in [0.3, 0.4) is 0 Å². The summed E-state index contributed by atoms with van der Waals surface area (Å²) in [4.78, 5) is 34.2. The summed E-state index contributed by atoms with van der Waals surface area (Å²) in [5, 5.41) is 9.26. The minimum atomic E-state index is -0.870. The minimum Gasteiger partial charge on any atom is -0.484 e. The monoisotopic (exact) mass is 422 g/mol. The minimum absolute atomic E-state index is 0.214. The molecule has 0 aromatic heterocycles. The van der Waals surface area contributed by atoms with E-state index in [0.29, 0.717) is 27.0 Å². The Kier molecular flexibility index (Phi) is 7.79. The Labute approximate surface area is 170 Å². The van der Waals surface area contributed by atoms with Gasteiger partial charge in [0.05, 0.1) is 16.9 Å². The third-order valence-corrected chi connectivity index (χ3v) is 3.82. The average molecular weight is 423 g/mol. The number of nitrogens with one attached hydrogen (secondary N) is 3. The topological polar surface area (TPSA) is 109 Å². The molecule has 0 spiro atoms. The van der Waals surface area contributed by atoms with Crippen LogP contribution in [-0.2, 0) is 14.4 Å². The number of halogens is 2. The number of ether oxygens (including phenoxy) is 1. The number of likely N-dealkylation sites (N-methyl/N-ethyl adjacent to an activating group) is 1. The van der Waals surface area contributed by atoms with Crippen LogP contribution in [-0.4, -0.2) is 37.6 Å². The summed E-state index contributed by atoms with van der Waals surface area (Å²) < 4.78 is 5.40. The smallest absolute Gasteiger partial charge is 0.329 e. The molecule has 0 saturated heterocycles. The number of nitrogens with zero attached hydrogens (tertiary/aromatic N) is 1. The number of hydrogen-bond acceptors (Lipinski definition) is 5. The maximum atomic E-state index is 12.0. The summed E-state index contributed by atoms with van der Waals surface area (Å²) in [5.74, 6) is -1.58. The van der Waals surface area contributed by atoms with Crippen molar-refractivity contribution in [3.8, 4) is 5.75 Å². The Morgan fingerprint density at radius 2 is 1.79 bits per heavy atom. The number of anilines is 1. The van der Waals surface area contributed by atoms with Crippen LogP contribution in [0.5, 0.6) is 5.75 Å². The van der Waals surface area contributed by atoms with E-state index in [9.17, 15) is 14.4 Å². The van der Waals surface area contributed by atoms with Gasteiger partial charge in [-0.3, -0.25) is 14.4 Å². The lowest BCUT2D eigenvalue weighted by atomic mass is 10.2. The fraction of sp³-hybridized carbons (Fsp3) is 0.111. The Morgan fingerprint density at radius 3 is 2.43 bits per heavy atom. The first-order valence-electron chi connectivity index (χ1n) is 7.92. The van der Waals surface area contributed by atoms with Crippen molar-refractivity contribution in [2.45, 2.75) is 0 Å². The molecule has 0 bridgehead atoms. The zero-order valence-electron chi connectivity index (χ0n) is 14.7. The Morgan fingerprint density at radius 1 is 1.07 bits per heavy atom. The van der Waals surface area contributed by atoms with Crippen LogP contribution < -0.4 is 20.8 Å².